The third kappa shape index (κ3) is 14.3. The Morgan fingerprint density at radius 1 is 0.833 bits per heavy atom. The highest BCUT2D eigenvalue weighted by atomic mass is 16.6. The van der Waals surface area contributed by atoms with Crippen LogP contribution in [0.2, 0.25) is 0 Å². The lowest BCUT2D eigenvalue weighted by molar-refractivity contribution is -0.149. The number of nitrogens with one attached hydrogen (secondary N) is 1. The number of carbonyl (C=O) groups is 5. The fourth-order valence-electron chi connectivity index (χ4n) is 9.14. The van der Waals surface area contributed by atoms with Gasteiger partial charge in [0.05, 0.1) is 36.8 Å². The average Bonchev–Trinajstić information content (AvgIpc) is 3.69. The second kappa shape index (κ2) is 25.5. The van der Waals surface area contributed by atoms with Crippen molar-refractivity contribution < 1.29 is 38.2 Å². The number of methoxy groups -OCH3 is 2. The van der Waals surface area contributed by atoms with Gasteiger partial charge in [0.2, 0.25) is 11.8 Å². The van der Waals surface area contributed by atoms with Gasteiger partial charge in [-0.05, 0) is 57.3 Å². The first-order valence-corrected chi connectivity index (χ1v) is 22.2. The molecule has 0 radical (unpaired) electrons. The smallest absolute Gasteiger partial charge is 0.410 e. The zero-order chi connectivity index (χ0) is 45.4. The fraction of sp³-hybridized carbons (Fsp3) is 0.766. The standard InChI is InChI=1S/C47H81N5O8/c1-16-32(6)43(51(13)46(56)36(30(2)3)28-39(54)42(31(4)5)49(10)11)40(58-14)29-41(55)52-25-20-23-37(52)45(59-15)34(8)38(53)27-33(7)44(35-21-18-17-19-22-35)60-47(57)50(12)26-24-48-9/h17-19,21-22,30-34,36-37,40,42-45,48H,16,20,23-29H2,1-15H3/t32-,33-,34-,36-,37-,40?,42-,43-,44+,45+/m0/s1. The summed E-state index contributed by atoms with van der Waals surface area (Å²) in [6, 6.07) is 8.44. The zero-order valence-corrected chi connectivity index (χ0v) is 39.7. The van der Waals surface area contributed by atoms with Crippen molar-refractivity contribution in [2.24, 2.45) is 35.5 Å². The van der Waals surface area contributed by atoms with E-state index in [-0.39, 0.29) is 78.4 Å². The van der Waals surface area contributed by atoms with Crippen LogP contribution in [0.25, 0.3) is 0 Å². The highest BCUT2D eigenvalue weighted by Crippen LogP contribution is 2.34. The van der Waals surface area contributed by atoms with Crippen molar-refractivity contribution in [1.29, 1.82) is 0 Å². The topological polar surface area (TPSA) is 138 Å². The van der Waals surface area contributed by atoms with Crippen molar-refractivity contribution in [1.82, 2.24) is 24.9 Å². The third-order valence-electron chi connectivity index (χ3n) is 12.8. The molecule has 2 rings (SSSR count). The number of Topliss-reactive ketones (excluding diaryl/α,β-unsaturated/α-hetero) is 2. The summed E-state index contributed by atoms with van der Waals surface area (Å²) in [7, 11) is 12.3. The number of ether oxygens (including phenoxy) is 3. The molecule has 1 aromatic rings. The highest BCUT2D eigenvalue weighted by Gasteiger charge is 2.43. The number of amides is 3. The van der Waals surface area contributed by atoms with Gasteiger partial charge in [-0.3, -0.25) is 24.1 Å². The molecule has 1 aliphatic heterocycles. The van der Waals surface area contributed by atoms with Crippen molar-refractivity contribution >= 4 is 29.5 Å². The minimum absolute atomic E-state index is 0.00105. The molecule has 13 nitrogen and oxygen atoms in total. The van der Waals surface area contributed by atoms with Gasteiger partial charge in [-0.1, -0.05) is 92.1 Å². The normalized spacial score (nSPS) is 19.0. The van der Waals surface area contributed by atoms with E-state index in [1.807, 2.05) is 103 Å². The van der Waals surface area contributed by atoms with E-state index in [1.165, 1.54) is 4.90 Å². The van der Waals surface area contributed by atoms with Crippen LogP contribution in [-0.2, 0) is 33.4 Å². The molecule has 13 heteroatoms. The summed E-state index contributed by atoms with van der Waals surface area (Å²) in [6.07, 6.45) is 0.268. The van der Waals surface area contributed by atoms with E-state index in [0.717, 1.165) is 18.4 Å². The van der Waals surface area contributed by atoms with E-state index >= 15 is 0 Å². The first-order chi connectivity index (χ1) is 28.3. The Balaban J connectivity index is 2.29. The van der Waals surface area contributed by atoms with Gasteiger partial charge in [0.15, 0.2) is 5.78 Å². The minimum atomic E-state index is -0.641. The number of likely N-dealkylation sites (N-methyl/N-ethyl adjacent to an activating group) is 4. The summed E-state index contributed by atoms with van der Waals surface area (Å²) in [4.78, 5) is 76.6. The summed E-state index contributed by atoms with van der Waals surface area (Å²) in [5, 5.41) is 3.04. The maximum Gasteiger partial charge on any atom is 0.410 e. The van der Waals surface area contributed by atoms with Gasteiger partial charge in [0, 0.05) is 78.5 Å². The van der Waals surface area contributed by atoms with Crippen LogP contribution in [0.5, 0.6) is 0 Å². The molecule has 10 atom stereocenters. The molecule has 0 aliphatic carbocycles. The number of likely N-dealkylation sites (tertiary alicyclic amines) is 1. The van der Waals surface area contributed by atoms with Crippen LogP contribution in [-0.4, -0.2) is 148 Å². The Morgan fingerprint density at radius 2 is 1.47 bits per heavy atom. The van der Waals surface area contributed by atoms with Crippen molar-refractivity contribution in [3.63, 3.8) is 0 Å². The molecule has 342 valence electrons. The number of hydrogen-bond donors (Lipinski definition) is 1. The Bertz CT molecular complexity index is 1480. The van der Waals surface area contributed by atoms with Gasteiger partial charge < -0.3 is 34.2 Å². The largest absolute Gasteiger partial charge is 0.441 e. The summed E-state index contributed by atoms with van der Waals surface area (Å²) in [5.41, 5.74) is 0.810. The van der Waals surface area contributed by atoms with E-state index < -0.39 is 42.3 Å². The minimum Gasteiger partial charge on any atom is -0.441 e. The van der Waals surface area contributed by atoms with E-state index in [1.54, 1.807) is 33.2 Å². The lowest BCUT2D eigenvalue weighted by atomic mass is 9.83. The lowest BCUT2D eigenvalue weighted by Crippen LogP contribution is -2.54. The molecule has 1 unspecified atom stereocenters. The Hall–Kier alpha value is -3.39. The number of nitrogens with zero attached hydrogens (tertiary/aromatic N) is 4. The molecular formula is C47H81N5O8. The van der Waals surface area contributed by atoms with Gasteiger partial charge in [-0.25, -0.2) is 4.79 Å². The van der Waals surface area contributed by atoms with E-state index in [0.29, 0.717) is 26.1 Å². The second-order valence-corrected chi connectivity index (χ2v) is 18.2. The number of rotatable bonds is 26. The molecule has 1 aliphatic rings. The van der Waals surface area contributed by atoms with Crippen molar-refractivity contribution in [2.75, 3.05) is 69.1 Å². The molecule has 1 saturated heterocycles. The summed E-state index contributed by atoms with van der Waals surface area (Å²) in [6.45, 7) is 17.5. The third-order valence-corrected chi connectivity index (χ3v) is 12.8. The number of hydrogen-bond acceptors (Lipinski definition) is 10. The predicted octanol–water partition coefficient (Wildman–Crippen LogP) is 6.35. The number of ketones is 2. The van der Waals surface area contributed by atoms with Crippen LogP contribution in [0.4, 0.5) is 4.79 Å². The van der Waals surface area contributed by atoms with Crippen LogP contribution < -0.4 is 5.32 Å². The van der Waals surface area contributed by atoms with Gasteiger partial charge in [0.1, 0.15) is 11.9 Å². The number of benzene rings is 1. The van der Waals surface area contributed by atoms with Crippen LogP contribution in [0.1, 0.15) is 106 Å². The SMILES string of the molecule is CC[C@H](C)[C@@H](C(CC(=O)N1CCC[C@H]1[C@H](OC)[C@@H](C)C(=O)C[C@H](C)[C@@H](OC(=O)N(C)CCNC)c1ccccc1)OC)N(C)C(=O)[C@@H](CC(=O)[C@H](C(C)C)N(C)C)C(C)C. The maximum atomic E-state index is 14.4. The lowest BCUT2D eigenvalue weighted by Gasteiger charge is -2.41. The van der Waals surface area contributed by atoms with Crippen LogP contribution in [0.15, 0.2) is 30.3 Å². The molecule has 1 fully saturated rings. The molecule has 1 N–H and O–H groups in total. The molecule has 0 saturated carbocycles. The molecular weight excluding hydrogens is 763 g/mol. The molecule has 0 spiro atoms. The van der Waals surface area contributed by atoms with Crippen molar-refractivity contribution in [3.05, 3.63) is 35.9 Å². The molecule has 60 heavy (non-hydrogen) atoms. The summed E-state index contributed by atoms with van der Waals surface area (Å²) in [5.74, 6) is -1.60. The van der Waals surface area contributed by atoms with E-state index in [4.69, 9.17) is 14.2 Å². The van der Waals surface area contributed by atoms with Crippen molar-refractivity contribution in [2.45, 2.75) is 130 Å². The number of carbonyl (C=O) groups excluding carboxylic acids is 5. The average molecular weight is 844 g/mol. The Kier molecular flexibility index (Phi) is 22.4. The van der Waals surface area contributed by atoms with Gasteiger partial charge in [0.25, 0.3) is 0 Å². The first kappa shape index (κ1) is 52.7. The van der Waals surface area contributed by atoms with Gasteiger partial charge in [-0.2, -0.15) is 0 Å². The van der Waals surface area contributed by atoms with Crippen LogP contribution >= 0.6 is 0 Å². The Morgan fingerprint density at radius 3 is 1.98 bits per heavy atom. The quantitative estimate of drug-likeness (QED) is 0.112. The fourth-order valence-corrected chi connectivity index (χ4v) is 9.14. The molecule has 0 aromatic heterocycles. The second-order valence-electron chi connectivity index (χ2n) is 18.2. The summed E-state index contributed by atoms with van der Waals surface area (Å²) < 4.78 is 18.2. The highest BCUT2D eigenvalue weighted by molar-refractivity contribution is 5.90. The Labute approximate surface area is 362 Å². The first-order valence-electron chi connectivity index (χ1n) is 22.2. The van der Waals surface area contributed by atoms with Crippen LogP contribution in [0.3, 0.4) is 0 Å². The molecule has 0 bridgehead atoms. The predicted molar refractivity (Wildman–Crippen MR) is 237 cm³/mol. The molecule has 3 amide bonds. The van der Waals surface area contributed by atoms with E-state index in [9.17, 15) is 24.0 Å². The summed E-state index contributed by atoms with van der Waals surface area (Å²) >= 11 is 0. The van der Waals surface area contributed by atoms with Crippen molar-refractivity contribution in [3.8, 4) is 0 Å². The molecule has 1 aromatic carbocycles. The monoisotopic (exact) mass is 844 g/mol. The van der Waals surface area contributed by atoms with Crippen LogP contribution in [0, 0.1) is 35.5 Å². The van der Waals surface area contributed by atoms with E-state index in [2.05, 4.69) is 19.2 Å². The van der Waals surface area contributed by atoms with Gasteiger partial charge >= 0.3 is 6.09 Å². The van der Waals surface area contributed by atoms with Gasteiger partial charge in [-0.15, -0.1) is 0 Å². The maximum absolute atomic E-state index is 14.4. The zero-order valence-electron chi connectivity index (χ0n) is 39.7. The molecule has 1 heterocycles.